The Morgan fingerprint density at radius 1 is 0.533 bits per heavy atom. The van der Waals surface area contributed by atoms with Crippen molar-refractivity contribution in [2.75, 3.05) is 0 Å². The molecule has 0 aromatic rings. The van der Waals surface area contributed by atoms with Crippen molar-refractivity contribution in [3.63, 3.8) is 0 Å². The summed E-state index contributed by atoms with van der Waals surface area (Å²) in [6, 6.07) is 6.85. The van der Waals surface area contributed by atoms with Crippen molar-refractivity contribution >= 4 is 0 Å². The third-order valence-corrected chi connectivity index (χ3v) is 3.15. The van der Waals surface area contributed by atoms with Crippen LogP contribution in [0.1, 0.15) is 27.8 Å². The maximum atomic E-state index is 2.29. The second-order valence-electron chi connectivity index (χ2n) is 4.66. The molecule has 0 heteroatoms. The molecule has 0 amide bonds. The van der Waals surface area contributed by atoms with Gasteiger partial charge in [0.25, 0.3) is 0 Å². The molecule has 0 aromatic carbocycles. The Hall–Kier alpha value is -1.30. The summed E-state index contributed by atoms with van der Waals surface area (Å²) in [7, 11) is 0. The Kier molecular flexibility index (Phi) is 2.30. The average Bonchev–Trinajstić information content (AvgIpc) is 2.33. The third kappa shape index (κ3) is 1.54. The smallest absolute Gasteiger partial charge is 0.0120 e. The minimum Gasteiger partial charge on any atom is -0.0557 e. The van der Waals surface area contributed by atoms with Crippen molar-refractivity contribution in [3.8, 4) is 11.1 Å². The zero-order valence-corrected chi connectivity index (χ0v) is 10.2. The van der Waals surface area contributed by atoms with E-state index in [0.717, 1.165) is 0 Å². The Labute approximate surface area is 92.3 Å². The number of rotatable bonds is 0. The van der Waals surface area contributed by atoms with E-state index in [-0.39, 0.29) is 0 Å². The quantitative estimate of drug-likeness (QED) is 0.591. The van der Waals surface area contributed by atoms with Crippen LogP contribution in [0.5, 0.6) is 0 Å². The summed E-state index contributed by atoms with van der Waals surface area (Å²) >= 11 is 0. The van der Waals surface area contributed by atoms with E-state index in [1.54, 1.807) is 0 Å². The first-order chi connectivity index (χ1) is 7.00. The molecule has 0 aromatic heterocycles. The van der Waals surface area contributed by atoms with Gasteiger partial charge in [-0.15, -0.1) is 0 Å². The van der Waals surface area contributed by atoms with Gasteiger partial charge in [0, 0.05) is 0 Å². The van der Waals surface area contributed by atoms with Gasteiger partial charge < -0.3 is 0 Å². The molecule has 0 atom stereocenters. The molecule has 0 saturated heterocycles. The van der Waals surface area contributed by atoms with Crippen LogP contribution in [0.3, 0.4) is 0 Å². The second kappa shape index (κ2) is 3.37. The lowest BCUT2D eigenvalue weighted by Gasteiger charge is -2.03. The number of hydrogen-bond acceptors (Lipinski definition) is 0. The second-order valence-corrected chi connectivity index (χ2v) is 4.66. The molecule has 0 heterocycles. The standard InChI is InChI=1S/C15H18/c1-9-6-10(2)14-12(4)8-13(5)15(14)11(3)7-9/h6-8H,1-5H3. The fourth-order valence-electron chi connectivity index (χ4n) is 2.75. The molecule has 15 heavy (non-hydrogen) atoms. The van der Waals surface area contributed by atoms with Gasteiger partial charge in [0.2, 0.25) is 0 Å². The van der Waals surface area contributed by atoms with Gasteiger partial charge >= 0.3 is 0 Å². The summed E-state index contributed by atoms with van der Waals surface area (Å²) in [6.45, 7) is 11.0. The predicted molar refractivity (Wildman–Crippen MR) is 66.7 cm³/mol. The van der Waals surface area contributed by atoms with Crippen LogP contribution in [0.15, 0.2) is 18.2 Å². The van der Waals surface area contributed by atoms with Crippen molar-refractivity contribution in [3.05, 3.63) is 46.0 Å². The van der Waals surface area contributed by atoms with E-state index in [0.29, 0.717) is 0 Å². The van der Waals surface area contributed by atoms with E-state index in [1.807, 2.05) is 0 Å². The van der Waals surface area contributed by atoms with Crippen LogP contribution in [-0.2, 0) is 0 Å². The molecule has 0 unspecified atom stereocenters. The maximum Gasteiger partial charge on any atom is -0.0120 e. The van der Waals surface area contributed by atoms with Gasteiger partial charge in [-0.25, -0.2) is 0 Å². The zero-order chi connectivity index (χ0) is 11.2. The number of aryl methyl sites for hydroxylation is 5. The Bertz CT molecular complexity index is 450. The van der Waals surface area contributed by atoms with Crippen LogP contribution in [0.2, 0.25) is 0 Å². The van der Waals surface area contributed by atoms with E-state index >= 15 is 0 Å². The summed E-state index contributed by atoms with van der Waals surface area (Å²) in [4.78, 5) is 0. The predicted octanol–water partition coefficient (Wildman–Crippen LogP) is 4.33. The molecule has 0 aliphatic heterocycles. The van der Waals surface area contributed by atoms with Crippen molar-refractivity contribution in [2.45, 2.75) is 34.6 Å². The van der Waals surface area contributed by atoms with Gasteiger partial charge in [0.05, 0.1) is 0 Å². The highest BCUT2D eigenvalue weighted by Gasteiger charge is 2.14. The molecule has 0 fully saturated rings. The lowest BCUT2D eigenvalue weighted by molar-refractivity contribution is 1.41. The minimum atomic E-state index is 1.35. The van der Waals surface area contributed by atoms with Gasteiger partial charge in [-0.05, 0) is 68.0 Å². The summed E-state index contributed by atoms with van der Waals surface area (Å²) < 4.78 is 0. The van der Waals surface area contributed by atoms with E-state index in [9.17, 15) is 0 Å². The Morgan fingerprint density at radius 2 is 0.867 bits per heavy atom. The van der Waals surface area contributed by atoms with Gasteiger partial charge in [-0.3, -0.25) is 0 Å². The van der Waals surface area contributed by atoms with Crippen molar-refractivity contribution in [2.24, 2.45) is 0 Å². The topological polar surface area (TPSA) is 0 Å². The number of hydrogen-bond donors (Lipinski definition) is 0. The minimum absolute atomic E-state index is 1.35. The van der Waals surface area contributed by atoms with Gasteiger partial charge in [-0.2, -0.15) is 0 Å². The highest BCUT2D eigenvalue weighted by Crippen LogP contribution is 2.36. The van der Waals surface area contributed by atoms with Crippen LogP contribution >= 0.6 is 0 Å². The first-order valence-corrected chi connectivity index (χ1v) is 5.48. The fraction of sp³-hybridized carbons (Fsp3) is 0.333. The summed E-state index contributed by atoms with van der Waals surface area (Å²) in [6.07, 6.45) is 0. The fourth-order valence-corrected chi connectivity index (χ4v) is 2.75. The Morgan fingerprint density at radius 3 is 1.27 bits per heavy atom. The highest BCUT2D eigenvalue weighted by atomic mass is 14.2. The van der Waals surface area contributed by atoms with E-state index in [2.05, 4.69) is 52.8 Å². The molecular formula is C15H18. The lowest BCUT2D eigenvalue weighted by Crippen LogP contribution is -1.81. The average molecular weight is 198 g/mol. The summed E-state index contributed by atoms with van der Waals surface area (Å²) in [5.41, 5.74) is 9.82. The van der Waals surface area contributed by atoms with Gasteiger partial charge in [-0.1, -0.05) is 23.8 Å². The molecular weight excluding hydrogens is 180 g/mol. The molecule has 2 aliphatic rings. The molecule has 0 bridgehead atoms. The molecule has 0 nitrogen and oxygen atoms in total. The molecule has 0 radical (unpaired) electrons. The van der Waals surface area contributed by atoms with Crippen LogP contribution in [0.4, 0.5) is 0 Å². The zero-order valence-electron chi connectivity index (χ0n) is 10.2. The largest absolute Gasteiger partial charge is 0.0557 e. The molecule has 0 N–H and O–H groups in total. The van der Waals surface area contributed by atoms with Crippen LogP contribution in [0.25, 0.3) is 11.1 Å². The molecule has 2 aliphatic carbocycles. The molecule has 2 rings (SSSR count). The van der Waals surface area contributed by atoms with Crippen LogP contribution < -0.4 is 0 Å². The third-order valence-electron chi connectivity index (χ3n) is 3.15. The summed E-state index contributed by atoms with van der Waals surface area (Å²) in [5, 5.41) is 0. The first kappa shape index (κ1) is 10.2. The molecule has 78 valence electrons. The molecule has 0 spiro atoms. The first-order valence-electron chi connectivity index (χ1n) is 5.48. The molecule has 0 saturated carbocycles. The number of fused-ring (bicyclic) bond motifs is 1. The van der Waals surface area contributed by atoms with Gasteiger partial charge in [0.15, 0.2) is 0 Å². The Balaban J connectivity index is 2.94. The van der Waals surface area contributed by atoms with E-state index in [4.69, 9.17) is 0 Å². The lowest BCUT2D eigenvalue weighted by atomic mass is 10.0. The van der Waals surface area contributed by atoms with E-state index < -0.39 is 0 Å². The van der Waals surface area contributed by atoms with Crippen molar-refractivity contribution < 1.29 is 0 Å². The highest BCUT2D eigenvalue weighted by molar-refractivity contribution is 5.79. The normalized spacial score (nSPS) is 11.0. The maximum absolute atomic E-state index is 2.29. The van der Waals surface area contributed by atoms with Crippen LogP contribution in [0, 0.1) is 34.6 Å². The SMILES string of the molecule is Cc1cc(C)c2c(C)cc(C)c-2c(C)c1. The van der Waals surface area contributed by atoms with Gasteiger partial charge in [0.1, 0.15) is 0 Å². The van der Waals surface area contributed by atoms with Crippen molar-refractivity contribution in [1.29, 1.82) is 0 Å². The monoisotopic (exact) mass is 198 g/mol. The van der Waals surface area contributed by atoms with E-state index in [1.165, 1.54) is 38.9 Å². The van der Waals surface area contributed by atoms with Crippen LogP contribution in [-0.4, -0.2) is 0 Å². The van der Waals surface area contributed by atoms with Crippen molar-refractivity contribution in [1.82, 2.24) is 0 Å². The summed E-state index contributed by atoms with van der Waals surface area (Å²) in [5.74, 6) is 0.